The smallest absolute Gasteiger partial charge is 0.326 e. The Labute approximate surface area is 202 Å². The summed E-state index contributed by atoms with van der Waals surface area (Å²) in [5.74, 6) is -4.27. The number of hydrogen-bond acceptors (Lipinski definition) is 8. The number of primary amides is 1. The number of carboxylic acids is 1. The summed E-state index contributed by atoms with van der Waals surface area (Å²) >= 11 is 0. The fourth-order valence-electron chi connectivity index (χ4n) is 3.09. The second-order valence-corrected chi connectivity index (χ2v) is 8.12. The van der Waals surface area contributed by atoms with Crippen LogP contribution in [-0.2, 0) is 30.4 Å². The minimum atomic E-state index is -1.28. The maximum Gasteiger partial charge on any atom is 0.326 e. The highest BCUT2D eigenvalue weighted by molar-refractivity contribution is 5.95. The molecular weight excluding hydrogens is 460 g/mol. The minimum absolute atomic E-state index is 0.00649. The predicted molar refractivity (Wildman–Crippen MR) is 126 cm³/mol. The van der Waals surface area contributed by atoms with Gasteiger partial charge in [0, 0.05) is 6.42 Å². The van der Waals surface area contributed by atoms with Crippen molar-refractivity contribution in [1.82, 2.24) is 16.0 Å². The Morgan fingerprint density at radius 1 is 0.914 bits per heavy atom. The van der Waals surface area contributed by atoms with Crippen LogP contribution in [0.1, 0.15) is 38.2 Å². The van der Waals surface area contributed by atoms with Crippen molar-refractivity contribution in [3.05, 3.63) is 29.8 Å². The topological polar surface area (TPSA) is 240 Å². The number of benzene rings is 1. The largest absolute Gasteiger partial charge is 0.508 e. The Balaban J connectivity index is 2.90. The first-order chi connectivity index (χ1) is 16.4. The van der Waals surface area contributed by atoms with E-state index in [1.807, 2.05) is 0 Å². The molecule has 13 nitrogen and oxygen atoms in total. The lowest BCUT2D eigenvalue weighted by atomic mass is 10.0. The third-order valence-electron chi connectivity index (χ3n) is 5.08. The Morgan fingerprint density at radius 2 is 1.51 bits per heavy atom. The summed E-state index contributed by atoms with van der Waals surface area (Å²) in [5, 5.41) is 26.0. The molecule has 0 aromatic heterocycles. The number of carbonyl (C=O) groups excluding carboxylic acids is 4. The molecule has 35 heavy (non-hydrogen) atoms. The van der Waals surface area contributed by atoms with Gasteiger partial charge in [-0.25, -0.2) is 4.79 Å². The Morgan fingerprint density at radius 3 is 2.06 bits per heavy atom. The number of aliphatic carboxylic acids is 1. The number of nitrogens with one attached hydrogen (secondary N) is 3. The number of phenolic OH excluding ortho intramolecular Hbond substituents is 1. The number of carboxylic acid groups (broad SMARTS) is 1. The highest BCUT2D eigenvalue weighted by Crippen LogP contribution is 2.12. The molecule has 0 aliphatic rings. The van der Waals surface area contributed by atoms with E-state index >= 15 is 0 Å². The highest BCUT2D eigenvalue weighted by atomic mass is 16.4. The van der Waals surface area contributed by atoms with Gasteiger partial charge < -0.3 is 43.4 Å². The van der Waals surface area contributed by atoms with Crippen molar-refractivity contribution in [2.45, 2.75) is 63.2 Å². The van der Waals surface area contributed by atoms with E-state index < -0.39 is 60.2 Å². The third-order valence-corrected chi connectivity index (χ3v) is 5.08. The molecule has 0 aliphatic heterocycles. The van der Waals surface area contributed by atoms with Gasteiger partial charge >= 0.3 is 5.97 Å². The molecule has 0 spiro atoms. The molecule has 0 aliphatic carbocycles. The molecule has 4 unspecified atom stereocenters. The van der Waals surface area contributed by atoms with E-state index in [-0.39, 0.29) is 18.6 Å². The third kappa shape index (κ3) is 10.8. The number of hydrogen-bond donors (Lipinski definition) is 8. The lowest BCUT2D eigenvalue weighted by molar-refractivity contribution is -0.142. The fourth-order valence-corrected chi connectivity index (χ4v) is 3.09. The maximum absolute atomic E-state index is 12.9. The monoisotopic (exact) mass is 494 g/mol. The maximum atomic E-state index is 12.9. The number of nitrogens with two attached hydrogens (primary N) is 3. The van der Waals surface area contributed by atoms with Crippen molar-refractivity contribution in [3.63, 3.8) is 0 Å². The van der Waals surface area contributed by atoms with Crippen LogP contribution in [0.15, 0.2) is 24.3 Å². The first-order valence-electron chi connectivity index (χ1n) is 11.1. The summed E-state index contributed by atoms with van der Waals surface area (Å²) in [5.41, 5.74) is 16.7. The molecule has 1 rings (SSSR count). The molecule has 0 fully saturated rings. The lowest BCUT2D eigenvalue weighted by Gasteiger charge is -2.23. The molecule has 0 saturated heterocycles. The summed E-state index contributed by atoms with van der Waals surface area (Å²) in [6, 6.07) is 1.13. The number of amides is 4. The Hall–Kier alpha value is -3.71. The molecule has 0 heterocycles. The van der Waals surface area contributed by atoms with Gasteiger partial charge in [-0.1, -0.05) is 12.1 Å². The second-order valence-electron chi connectivity index (χ2n) is 8.12. The van der Waals surface area contributed by atoms with Crippen LogP contribution in [0.25, 0.3) is 0 Å². The van der Waals surface area contributed by atoms with Crippen molar-refractivity contribution >= 4 is 29.6 Å². The van der Waals surface area contributed by atoms with Crippen LogP contribution in [0.5, 0.6) is 5.75 Å². The van der Waals surface area contributed by atoms with Crippen LogP contribution in [0, 0.1) is 0 Å². The van der Waals surface area contributed by atoms with E-state index in [0.29, 0.717) is 24.9 Å². The number of rotatable bonds is 15. The van der Waals surface area contributed by atoms with Gasteiger partial charge in [0.25, 0.3) is 0 Å². The zero-order valence-corrected chi connectivity index (χ0v) is 19.5. The molecule has 0 bridgehead atoms. The van der Waals surface area contributed by atoms with Crippen LogP contribution in [0.2, 0.25) is 0 Å². The molecule has 1 aromatic carbocycles. The van der Waals surface area contributed by atoms with Crippen molar-refractivity contribution < 1.29 is 34.2 Å². The van der Waals surface area contributed by atoms with Crippen molar-refractivity contribution in [3.8, 4) is 5.75 Å². The standard InChI is InChI=1S/C22H34N6O7/c1-12(19(31)27-16(22(34)35)4-2-3-9-23)26-21(33)17(10-13-5-7-14(29)8-6-13)28-20(32)15(24)11-18(25)30/h5-8,12,15-17,29H,2-4,9-11,23-24H2,1H3,(H2,25,30)(H,26,33)(H,27,31)(H,28,32)(H,34,35). The molecule has 194 valence electrons. The first-order valence-corrected chi connectivity index (χ1v) is 11.1. The average Bonchev–Trinajstić information content (AvgIpc) is 2.78. The number of aromatic hydroxyl groups is 1. The SMILES string of the molecule is CC(NC(=O)C(Cc1ccc(O)cc1)NC(=O)C(N)CC(N)=O)C(=O)NC(CCCCN)C(=O)O. The Bertz CT molecular complexity index is 893. The van der Waals surface area contributed by atoms with E-state index in [9.17, 15) is 34.2 Å². The van der Waals surface area contributed by atoms with Gasteiger partial charge in [0.05, 0.1) is 12.5 Å². The van der Waals surface area contributed by atoms with E-state index in [1.54, 1.807) is 12.1 Å². The van der Waals surface area contributed by atoms with Crippen LogP contribution >= 0.6 is 0 Å². The van der Waals surface area contributed by atoms with Gasteiger partial charge in [-0.3, -0.25) is 19.2 Å². The number of unbranched alkanes of at least 4 members (excludes halogenated alkanes) is 1. The van der Waals surface area contributed by atoms with Crippen LogP contribution in [0.3, 0.4) is 0 Å². The van der Waals surface area contributed by atoms with Crippen LogP contribution in [0.4, 0.5) is 0 Å². The summed E-state index contributed by atoms with van der Waals surface area (Å²) in [6.07, 6.45) is 0.824. The van der Waals surface area contributed by atoms with Crippen LogP contribution < -0.4 is 33.2 Å². The molecule has 0 radical (unpaired) electrons. The highest BCUT2D eigenvalue weighted by Gasteiger charge is 2.28. The van der Waals surface area contributed by atoms with E-state index in [0.717, 1.165) is 0 Å². The van der Waals surface area contributed by atoms with Gasteiger partial charge in [0.2, 0.25) is 23.6 Å². The zero-order chi connectivity index (χ0) is 26.5. The number of phenols is 1. The van der Waals surface area contributed by atoms with E-state index in [4.69, 9.17) is 17.2 Å². The van der Waals surface area contributed by atoms with E-state index in [2.05, 4.69) is 16.0 Å². The summed E-state index contributed by atoms with van der Waals surface area (Å²) in [6.45, 7) is 1.76. The molecule has 1 aromatic rings. The quantitative estimate of drug-likeness (QED) is 0.123. The molecule has 11 N–H and O–H groups in total. The summed E-state index contributed by atoms with van der Waals surface area (Å²) in [7, 11) is 0. The van der Waals surface area contributed by atoms with Gasteiger partial charge in [0.15, 0.2) is 0 Å². The van der Waals surface area contributed by atoms with E-state index in [1.165, 1.54) is 19.1 Å². The summed E-state index contributed by atoms with van der Waals surface area (Å²) < 4.78 is 0. The molecule has 4 atom stereocenters. The van der Waals surface area contributed by atoms with Gasteiger partial charge in [0.1, 0.15) is 23.9 Å². The molecule has 0 saturated carbocycles. The minimum Gasteiger partial charge on any atom is -0.508 e. The Kier molecular flexibility index (Phi) is 12.2. The van der Waals surface area contributed by atoms with Crippen molar-refractivity contribution in [2.75, 3.05) is 6.54 Å². The van der Waals surface area contributed by atoms with Gasteiger partial charge in [-0.2, -0.15) is 0 Å². The first kappa shape index (κ1) is 29.3. The number of carbonyl (C=O) groups is 5. The normalized spacial score (nSPS) is 14.1. The lowest BCUT2D eigenvalue weighted by Crippen LogP contribution is -2.57. The van der Waals surface area contributed by atoms with Crippen molar-refractivity contribution in [1.29, 1.82) is 0 Å². The zero-order valence-electron chi connectivity index (χ0n) is 19.5. The second kappa shape index (κ2) is 14.5. The predicted octanol–water partition coefficient (Wildman–Crippen LogP) is -2.17. The van der Waals surface area contributed by atoms with Crippen LogP contribution in [-0.4, -0.2) is 70.5 Å². The molecule has 13 heteroatoms. The fraction of sp³-hybridized carbons (Fsp3) is 0.500. The van der Waals surface area contributed by atoms with Crippen molar-refractivity contribution in [2.24, 2.45) is 17.2 Å². The van der Waals surface area contributed by atoms with Gasteiger partial charge in [-0.05, 0) is 50.4 Å². The molecule has 4 amide bonds. The average molecular weight is 495 g/mol. The molecular formula is C22H34N6O7. The van der Waals surface area contributed by atoms with Gasteiger partial charge in [-0.15, -0.1) is 0 Å². The summed E-state index contributed by atoms with van der Waals surface area (Å²) in [4.78, 5) is 60.3.